The zero-order valence-electron chi connectivity index (χ0n) is 13.2. The largest absolute Gasteiger partial charge is 0.391 e. The second-order valence-electron chi connectivity index (χ2n) is 5.72. The highest BCUT2D eigenvalue weighted by molar-refractivity contribution is 7.21. The van der Waals surface area contributed by atoms with Gasteiger partial charge in [-0.05, 0) is 11.6 Å². The minimum Gasteiger partial charge on any atom is -0.344 e. The Morgan fingerprint density at radius 1 is 1.27 bits per heavy atom. The van der Waals surface area contributed by atoms with Gasteiger partial charge in [-0.15, -0.1) is 22.7 Å². The third-order valence-electron chi connectivity index (χ3n) is 3.91. The Kier molecular flexibility index (Phi) is 4.20. The van der Waals surface area contributed by atoms with Crippen LogP contribution >= 0.6 is 22.7 Å². The molecule has 0 bridgehead atoms. The van der Waals surface area contributed by atoms with Gasteiger partial charge in [0, 0.05) is 11.6 Å². The molecule has 1 N–H and O–H groups in total. The smallest absolute Gasteiger partial charge is 0.344 e. The number of thiophene rings is 1. The molecule has 0 saturated heterocycles. The lowest BCUT2D eigenvalue weighted by atomic mass is 10.0. The van der Waals surface area contributed by atoms with Gasteiger partial charge in [0.2, 0.25) is 0 Å². The van der Waals surface area contributed by atoms with Crippen LogP contribution in [0.1, 0.15) is 27.7 Å². The van der Waals surface area contributed by atoms with Crippen molar-refractivity contribution in [1.82, 2.24) is 14.7 Å². The fourth-order valence-electron chi connectivity index (χ4n) is 2.76. The Labute approximate surface area is 153 Å². The second kappa shape index (κ2) is 6.40. The first-order chi connectivity index (χ1) is 12.4. The quantitative estimate of drug-likeness (QED) is 0.527. The Bertz CT molecular complexity index is 1070. The fraction of sp³-hybridized carbons (Fsp3) is 0.176. The number of nitrogens with one attached hydrogen (secondary N) is 1. The molecule has 9 heteroatoms. The van der Waals surface area contributed by atoms with E-state index in [-0.39, 0.29) is 0 Å². The topological polar surface area (TPSA) is 46.4 Å². The Morgan fingerprint density at radius 3 is 2.77 bits per heavy atom. The van der Waals surface area contributed by atoms with Crippen molar-refractivity contribution in [2.24, 2.45) is 0 Å². The lowest BCUT2D eigenvalue weighted by Crippen LogP contribution is -2.31. The standard InChI is InChI=1S/C17H12F3N3OS2/c18-17(19,20)9-11(10-4-2-1-3-5-10)21-14(24)13-8-12-15(26-13)22-16-23(12)6-7-25-16/h1-8,11H,9H2,(H,21,24). The Morgan fingerprint density at radius 2 is 2.04 bits per heavy atom. The van der Waals surface area contributed by atoms with E-state index in [1.807, 2.05) is 16.0 Å². The molecule has 1 aromatic carbocycles. The van der Waals surface area contributed by atoms with Crippen molar-refractivity contribution in [3.63, 3.8) is 0 Å². The predicted molar refractivity (Wildman–Crippen MR) is 95.8 cm³/mol. The van der Waals surface area contributed by atoms with Crippen molar-refractivity contribution in [2.75, 3.05) is 0 Å². The highest BCUT2D eigenvalue weighted by Gasteiger charge is 2.33. The van der Waals surface area contributed by atoms with Crippen LogP contribution in [-0.4, -0.2) is 21.5 Å². The molecule has 26 heavy (non-hydrogen) atoms. The number of halogens is 3. The minimum absolute atomic E-state index is 0.339. The average Bonchev–Trinajstić information content (AvgIpc) is 3.25. The summed E-state index contributed by atoms with van der Waals surface area (Å²) in [5, 5.41) is 4.40. The highest BCUT2D eigenvalue weighted by Crippen LogP contribution is 2.31. The maximum atomic E-state index is 12.9. The van der Waals surface area contributed by atoms with Crippen LogP contribution in [0.3, 0.4) is 0 Å². The van der Waals surface area contributed by atoms with Gasteiger partial charge < -0.3 is 5.32 Å². The molecule has 0 aliphatic rings. The number of nitrogens with zero attached hydrogens (tertiary/aromatic N) is 2. The monoisotopic (exact) mass is 395 g/mol. The Hall–Kier alpha value is -2.39. The number of rotatable bonds is 4. The van der Waals surface area contributed by atoms with Crippen molar-refractivity contribution in [1.29, 1.82) is 0 Å². The van der Waals surface area contributed by atoms with Gasteiger partial charge in [0.1, 0.15) is 4.83 Å². The molecular weight excluding hydrogens is 383 g/mol. The van der Waals surface area contributed by atoms with E-state index < -0.39 is 24.5 Å². The van der Waals surface area contributed by atoms with Crippen molar-refractivity contribution in [3.05, 3.63) is 58.4 Å². The van der Waals surface area contributed by atoms with Gasteiger partial charge in [0.05, 0.1) is 22.9 Å². The third kappa shape index (κ3) is 3.32. The molecule has 4 nitrogen and oxygen atoms in total. The van der Waals surface area contributed by atoms with E-state index in [0.717, 1.165) is 10.5 Å². The van der Waals surface area contributed by atoms with Gasteiger partial charge >= 0.3 is 6.18 Å². The van der Waals surface area contributed by atoms with E-state index in [0.29, 0.717) is 15.3 Å². The van der Waals surface area contributed by atoms with Crippen molar-refractivity contribution < 1.29 is 18.0 Å². The summed E-state index contributed by atoms with van der Waals surface area (Å²) in [6.07, 6.45) is -3.66. The van der Waals surface area contributed by atoms with Gasteiger partial charge in [-0.1, -0.05) is 30.3 Å². The molecular formula is C17H12F3N3OS2. The first-order valence-corrected chi connectivity index (χ1v) is 9.38. The van der Waals surface area contributed by atoms with Crippen LogP contribution in [0.25, 0.3) is 15.3 Å². The molecule has 0 aliphatic carbocycles. The molecule has 134 valence electrons. The second-order valence-corrected chi connectivity index (χ2v) is 7.63. The first kappa shape index (κ1) is 17.0. The lowest BCUT2D eigenvalue weighted by Gasteiger charge is -2.20. The number of alkyl halides is 3. The summed E-state index contributed by atoms with van der Waals surface area (Å²) < 4.78 is 40.7. The number of fused-ring (bicyclic) bond motifs is 3. The molecule has 4 aromatic rings. The molecule has 0 saturated carbocycles. The maximum Gasteiger partial charge on any atom is 0.391 e. The first-order valence-electron chi connectivity index (χ1n) is 7.68. The van der Waals surface area contributed by atoms with E-state index in [4.69, 9.17) is 0 Å². The summed E-state index contributed by atoms with van der Waals surface area (Å²) in [5.74, 6) is -0.532. The summed E-state index contributed by atoms with van der Waals surface area (Å²) in [4.78, 5) is 18.8. The van der Waals surface area contributed by atoms with E-state index in [9.17, 15) is 18.0 Å². The van der Waals surface area contributed by atoms with Crippen LogP contribution in [0, 0.1) is 0 Å². The lowest BCUT2D eigenvalue weighted by molar-refractivity contribution is -0.139. The number of hydrogen-bond donors (Lipinski definition) is 1. The van der Waals surface area contributed by atoms with Gasteiger partial charge in [0.25, 0.3) is 5.91 Å². The summed E-state index contributed by atoms with van der Waals surface area (Å²) in [6.45, 7) is 0. The molecule has 0 fully saturated rings. The van der Waals surface area contributed by atoms with Crippen LogP contribution in [0.15, 0.2) is 48.0 Å². The number of benzene rings is 1. The number of carbonyl (C=O) groups excluding carboxylic acids is 1. The minimum atomic E-state index is -4.39. The molecule has 0 radical (unpaired) electrons. The normalized spacial score (nSPS) is 13.3. The maximum absolute atomic E-state index is 12.9. The van der Waals surface area contributed by atoms with Gasteiger partial charge in [-0.25, -0.2) is 4.98 Å². The number of aromatic nitrogens is 2. The average molecular weight is 395 g/mol. The molecule has 0 spiro atoms. The Balaban J connectivity index is 1.62. The number of amides is 1. The number of carbonyl (C=O) groups is 1. The zero-order chi connectivity index (χ0) is 18.3. The fourth-order valence-corrected chi connectivity index (χ4v) is 4.46. The van der Waals surface area contributed by atoms with E-state index >= 15 is 0 Å². The molecule has 3 aromatic heterocycles. The van der Waals surface area contributed by atoms with Crippen LogP contribution in [0.2, 0.25) is 0 Å². The molecule has 3 heterocycles. The van der Waals surface area contributed by atoms with Gasteiger partial charge in [-0.2, -0.15) is 13.2 Å². The summed E-state index contributed by atoms with van der Waals surface area (Å²) >= 11 is 2.65. The zero-order valence-corrected chi connectivity index (χ0v) is 14.8. The number of imidazole rings is 1. The van der Waals surface area contributed by atoms with Crippen molar-refractivity contribution in [3.8, 4) is 0 Å². The van der Waals surface area contributed by atoms with Crippen molar-refractivity contribution in [2.45, 2.75) is 18.6 Å². The predicted octanol–water partition coefficient (Wildman–Crippen LogP) is 5.03. The highest BCUT2D eigenvalue weighted by atomic mass is 32.1. The van der Waals surface area contributed by atoms with Crippen molar-refractivity contribution >= 4 is 43.9 Å². The molecule has 4 rings (SSSR count). The summed E-state index contributed by atoms with van der Waals surface area (Å²) in [7, 11) is 0. The van der Waals surface area contributed by atoms with Gasteiger partial charge in [0.15, 0.2) is 4.96 Å². The molecule has 1 unspecified atom stereocenters. The van der Waals surface area contributed by atoms with Crippen LogP contribution < -0.4 is 5.32 Å². The molecule has 1 atom stereocenters. The van der Waals surface area contributed by atoms with Crippen LogP contribution in [0.4, 0.5) is 13.2 Å². The summed E-state index contributed by atoms with van der Waals surface area (Å²) in [6, 6.07) is 8.70. The summed E-state index contributed by atoms with van der Waals surface area (Å²) in [5.41, 5.74) is 1.20. The SMILES string of the molecule is O=C(NC(CC(F)(F)F)c1ccccc1)c1cc2c(nc3sccn32)s1. The van der Waals surface area contributed by atoms with E-state index in [1.54, 1.807) is 36.4 Å². The number of thiazole rings is 1. The van der Waals surface area contributed by atoms with Gasteiger partial charge in [-0.3, -0.25) is 9.20 Å². The van der Waals surface area contributed by atoms with Crippen LogP contribution in [0.5, 0.6) is 0 Å². The van der Waals surface area contributed by atoms with Crippen LogP contribution in [-0.2, 0) is 0 Å². The van der Waals surface area contributed by atoms with E-state index in [2.05, 4.69) is 10.3 Å². The number of hydrogen-bond acceptors (Lipinski definition) is 4. The molecule has 1 amide bonds. The van der Waals surface area contributed by atoms with E-state index in [1.165, 1.54) is 22.7 Å². The molecule has 0 aliphatic heterocycles. The third-order valence-corrected chi connectivity index (χ3v) is 5.68.